The fourth-order valence-electron chi connectivity index (χ4n) is 2.93. The molecule has 3 amide bonds. The molecule has 8 nitrogen and oxygen atoms in total. The van der Waals surface area contributed by atoms with Crippen LogP contribution in [0.2, 0.25) is 0 Å². The van der Waals surface area contributed by atoms with Gasteiger partial charge < -0.3 is 20.2 Å². The second kappa shape index (κ2) is 8.61. The molecule has 0 aliphatic carbocycles. The van der Waals surface area contributed by atoms with Gasteiger partial charge in [0.15, 0.2) is 0 Å². The molecule has 1 aromatic carbocycles. The molecule has 1 aromatic rings. The van der Waals surface area contributed by atoms with Gasteiger partial charge in [-0.25, -0.2) is 4.39 Å². The van der Waals surface area contributed by atoms with Crippen molar-refractivity contribution in [3.8, 4) is 0 Å². The topological polar surface area (TPSA) is 107 Å². The molecule has 0 aromatic heterocycles. The van der Waals surface area contributed by atoms with E-state index in [0.717, 1.165) is 11.0 Å². The minimum absolute atomic E-state index is 0.249. The van der Waals surface area contributed by atoms with Gasteiger partial charge in [0.25, 0.3) is 5.91 Å². The maximum absolute atomic E-state index is 14.0. The van der Waals surface area contributed by atoms with Crippen molar-refractivity contribution in [2.24, 2.45) is 5.92 Å². The molecule has 0 unspecified atom stereocenters. The van der Waals surface area contributed by atoms with Crippen molar-refractivity contribution in [3.05, 3.63) is 29.6 Å². The van der Waals surface area contributed by atoms with Crippen LogP contribution in [0.3, 0.4) is 0 Å². The summed E-state index contributed by atoms with van der Waals surface area (Å²) in [5.41, 5.74) is 0.0313. The quantitative estimate of drug-likeness (QED) is 0.799. The molecular weight excluding hydrogens is 357 g/mol. The molecule has 2 rings (SSSR count). The molecule has 0 radical (unpaired) electrons. The van der Waals surface area contributed by atoms with E-state index in [2.05, 4.69) is 5.32 Å². The lowest BCUT2D eigenvalue weighted by atomic mass is 9.97. The summed E-state index contributed by atoms with van der Waals surface area (Å²) in [4.78, 5) is 49.5. The number of anilines is 1. The Morgan fingerprint density at radius 2 is 1.89 bits per heavy atom. The van der Waals surface area contributed by atoms with Gasteiger partial charge in [0.05, 0.1) is 18.0 Å². The maximum atomic E-state index is 14.0. The van der Waals surface area contributed by atoms with Gasteiger partial charge in [-0.3, -0.25) is 19.2 Å². The van der Waals surface area contributed by atoms with Crippen LogP contribution in [0.25, 0.3) is 0 Å². The lowest BCUT2D eigenvalue weighted by molar-refractivity contribution is -0.145. The van der Waals surface area contributed by atoms with E-state index in [1.165, 1.54) is 31.0 Å². The van der Waals surface area contributed by atoms with E-state index in [1.807, 2.05) is 0 Å². The van der Waals surface area contributed by atoms with Gasteiger partial charge in [0.1, 0.15) is 5.82 Å². The standard InChI is InChI=1S/C18H22FN3O5/c1-11(23)20-13-3-4-15(19)14(9-13)17(25)21(2)10-16(24)22-7-5-12(6-8-22)18(26)27/h3-4,9,12H,5-8,10H2,1-2H3,(H,20,23)(H,26,27). The third-order valence-electron chi connectivity index (χ3n) is 4.43. The van der Waals surface area contributed by atoms with Crippen LogP contribution in [0.4, 0.5) is 10.1 Å². The monoisotopic (exact) mass is 379 g/mol. The minimum Gasteiger partial charge on any atom is -0.481 e. The number of hydrogen-bond donors (Lipinski definition) is 2. The van der Waals surface area contributed by atoms with E-state index in [9.17, 15) is 23.6 Å². The first kappa shape index (κ1) is 20.3. The second-order valence-electron chi connectivity index (χ2n) is 6.53. The number of likely N-dealkylation sites (tertiary alicyclic amines) is 1. The maximum Gasteiger partial charge on any atom is 0.306 e. The number of likely N-dealkylation sites (N-methyl/N-ethyl adjacent to an activating group) is 1. The van der Waals surface area contributed by atoms with E-state index in [1.54, 1.807) is 0 Å². The summed E-state index contributed by atoms with van der Waals surface area (Å²) in [6.07, 6.45) is 0.734. The van der Waals surface area contributed by atoms with E-state index >= 15 is 0 Å². The van der Waals surface area contributed by atoms with Crippen molar-refractivity contribution in [2.75, 3.05) is 32.0 Å². The Morgan fingerprint density at radius 1 is 1.26 bits per heavy atom. The number of benzene rings is 1. The van der Waals surface area contributed by atoms with Gasteiger partial charge in [-0.05, 0) is 31.0 Å². The van der Waals surface area contributed by atoms with Crippen molar-refractivity contribution in [3.63, 3.8) is 0 Å². The van der Waals surface area contributed by atoms with E-state index in [0.29, 0.717) is 25.9 Å². The van der Waals surface area contributed by atoms with Crippen molar-refractivity contribution in [1.29, 1.82) is 0 Å². The number of piperidine rings is 1. The van der Waals surface area contributed by atoms with Gasteiger partial charge in [0, 0.05) is 32.7 Å². The number of carboxylic acids is 1. The summed E-state index contributed by atoms with van der Waals surface area (Å²) in [6, 6.07) is 3.63. The van der Waals surface area contributed by atoms with Gasteiger partial charge in [0.2, 0.25) is 11.8 Å². The average molecular weight is 379 g/mol. The number of nitrogens with zero attached hydrogens (tertiary/aromatic N) is 2. The van der Waals surface area contributed by atoms with E-state index in [-0.39, 0.29) is 29.6 Å². The van der Waals surface area contributed by atoms with Gasteiger partial charge in [-0.15, -0.1) is 0 Å². The SMILES string of the molecule is CC(=O)Nc1ccc(F)c(C(=O)N(C)CC(=O)N2CCC(C(=O)O)CC2)c1. The summed E-state index contributed by atoms with van der Waals surface area (Å²) in [7, 11) is 1.38. The van der Waals surface area contributed by atoms with Crippen molar-refractivity contribution in [2.45, 2.75) is 19.8 Å². The minimum atomic E-state index is -0.871. The molecule has 0 spiro atoms. The number of hydrogen-bond acceptors (Lipinski definition) is 4. The van der Waals surface area contributed by atoms with Crippen LogP contribution in [0.5, 0.6) is 0 Å². The molecule has 2 N–H and O–H groups in total. The zero-order valence-electron chi connectivity index (χ0n) is 15.2. The number of aliphatic carboxylic acids is 1. The van der Waals surface area contributed by atoms with Gasteiger partial charge in [-0.2, -0.15) is 0 Å². The highest BCUT2D eigenvalue weighted by atomic mass is 19.1. The molecule has 0 atom stereocenters. The molecule has 146 valence electrons. The normalized spacial score (nSPS) is 14.6. The summed E-state index contributed by atoms with van der Waals surface area (Å²) < 4.78 is 14.0. The Hall–Kier alpha value is -2.97. The van der Waals surface area contributed by atoms with Crippen LogP contribution in [0.15, 0.2) is 18.2 Å². The summed E-state index contributed by atoms with van der Waals surface area (Å²) in [5.74, 6) is -3.45. The number of rotatable bonds is 5. The Labute approximate surface area is 155 Å². The summed E-state index contributed by atoms with van der Waals surface area (Å²) in [5, 5.41) is 11.5. The summed E-state index contributed by atoms with van der Waals surface area (Å²) >= 11 is 0. The molecular formula is C18H22FN3O5. The lowest BCUT2D eigenvalue weighted by Crippen LogP contribution is -2.45. The number of nitrogens with one attached hydrogen (secondary N) is 1. The fourth-order valence-corrected chi connectivity index (χ4v) is 2.93. The van der Waals surface area contributed by atoms with E-state index in [4.69, 9.17) is 5.11 Å². The predicted octanol–water partition coefficient (Wildman–Crippen LogP) is 1.18. The molecule has 1 aliphatic rings. The first-order valence-corrected chi connectivity index (χ1v) is 8.52. The molecule has 1 aliphatic heterocycles. The lowest BCUT2D eigenvalue weighted by Gasteiger charge is -2.31. The molecule has 1 heterocycles. The van der Waals surface area contributed by atoms with Crippen LogP contribution in [-0.4, -0.2) is 65.3 Å². The zero-order chi connectivity index (χ0) is 20.1. The third-order valence-corrected chi connectivity index (χ3v) is 4.43. The Bertz CT molecular complexity index is 759. The Kier molecular flexibility index (Phi) is 6.49. The molecule has 27 heavy (non-hydrogen) atoms. The predicted molar refractivity (Wildman–Crippen MR) is 94.6 cm³/mol. The summed E-state index contributed by atoms with van der Waals surface area (Å²) in [6.45, 7) is 1.66. The average Bonchev–Trinajstić information content (AvgIpc) is 2.62. The van der Waals surface area contributed by atoms with Crippen LogP contribution < -0.4 is 5.32 Å². The van der Waals surface area contributed by atoms with Crippen molar-refractivity contribution in [1.82, 2.24) is 9.80 Å². The van der Waals surface area contributed by atoms with Crippen molar-refractivity contribution >= 4 is 29.4 Å². The van der Waals surface area contributed by atoms with Crippen LogP contribution in [-0.2, 0) is 14.4 Å². The number of amides is 3. The smallest absolute Gasteiger partial charge is 0.306 e. The highest BCUT2D eigenvalue weighted by molar-refractivity contribution is 5.98. The first-order valence-electron chi connectivity index (χ1n) is 8.52. The number of carbonyl (C=O) groups excluding carboxylic acids is 3. The highest BCUT2D eigenvalue weighted by Crippen LogP contribution is 2.19. The number of halogens is 1. The number of carbonyl (C=O) groups is 4. The fraction of sp³-hybridized carbons (Fsp3) is 0.444. The largest absolute Gasteiger partial charge is 0.481 e. The number of carboxylic acid groups (broad SMARTS) is 1. The van der Waals surface area contributed by atoms with Crippen molar-refractivity contribution < 1.29 is 28.7 Å². The van der Waals surface area contributed by atoms with Crippen LogP contribution in [0, 0.1) is 11.7 Å². The third kappa shape index (κ3) is 5.25. The first-order chi connectivity index (χ1) is 12.7. The molecule has 1 saturated heterocycles. The molecule has 9 heteroatoms. The second-order valence-corrected chi connectivity index (χ2v) is 6.53. The highest BCUT2D eigenvalue weighted by Gasteiger charge is 2.28. The van der Waals surface area contributed by atoms with Gasteiger partial charge in [-0.1, -0.05) is 0 Å². The molecule has 0 saturated carbocycles. The van der Waals surface area contributed by atoms with Crippen LogP contribution in [0.1, 0.15) is 30.1 Å². The zero-order valence-corrected chi connectivity index (χ0v) is 15.2. The van der Waals surface area contributed by atoms with Gasteiger partial charge >= 0.3 is 5.97 Å². The van der Waals surface area contributed by atoms with Crippen LogP contribution >= 0.6 is 0 Å². The van der Waals surface area contributed by atoms with E-state index < -0.39 is 23.6 Å². The molecule has 1 fully saturated rings. The molecule has 0 bridgehead atoms. The Morgan fingerprint density at radius 3 is 2.44 bits per heavy atom. The Balaban J connectivity index is 2.00.